The second kappa shape index (κ2) is 3.43. The summed E-state index contributed by atoms with van der Waals surface area (Å²) in [6.07, 6.45) is 0. The lowest BCUT2D eigenvalue weighted by Crippen LogP contribution is -1.86. The molecule has 0 saturated carbocycles. The average Bonchev–Trinajstić information content (AvgIpc) is 1.95. The van der Waals surface area contributed by atoms with Crippen LogP contribution in [0.2, 0.25) is 0 Å². The van der Waals surface area contributed by atoms with Crippen LogP contribution in [0.5, 0.6) is 0 Å². The topological polar surface area (TPSA) is 12.5 Å². The van der Waals surface area contributed by atoms with E-state index < -0.39 is 4.84 Å². The minimum absolute atomic E-state index is 1.00. The highest BCUT2D eigenvalue weighted by Gasteiger charge is 2.17. The van der Waals surface area contributed by atoms with Gasteiger partial charge < -0.3 is 4.74 Å². The Labute approximate surface area is 55.5 Å². The summed E-state index contributed by atoms with van der Waals surface area (Å²) in [6, 6.07) is 0. The lowest BCUT2D eigenvalue weighted by atomic mass is 11.0. The van der Waals surface area contributed by atoms with E-state index in [-0.39, 0.29) is 0 Å². The van der Waals surface area contributed by atoms with Crippen molar-refractivity contribution in [2.45, 2.75) is 4.84 Å². The fourth-order valence-electron chi connectivity index (χ4n) is 0. The van der Waals surface area contributed by atoms with Crippen LogP contribution in [-0.2, 0) is 4.74 Å². The van der Waals surface area contributed by atoms with Crippen LogP contribution in [-0.4, -0.2) is 18.1 Å². The Hall–Kier alpha value is 0.400. The predicted molar refractivity (Wildman–Crippen MR) is 27.5 cm³/mol. The van der Waals surface area contributed by atoms with Crippen molar-refractivity contribution >= 4 is 23.2 Å². The van der Waals surface area contributed by atoms with E-state index >= 15 is 0 Å². The Bertz CT molecular complexity index is 52.0. The van der Waals surface area contributed by atoms with Crippen molar-refractivity contribution < 1.29 is 13.5 Å². The van der Waals surface area contributed by atoms with E-state index in [1.54, 1.807) is 0 Å². The normalized spacial score (nSPS) is 16.5. The quantitative estimate of drug-likeness (QED) is 0.395. The number of ether oxygens (including phenoxy) is 1. The van der Waals surface area contributed by atoms with Crippen molar-refractivity contribution in [2.24, 2.45) is 0 Å². The molecular formula is C3H4Cl2F2O. The molecule has 5 heteroatoms. The van der Waals surface area contributed by atoms with Crippen molar-refractivity contribution in [3.05, 3.63) is 0 Å². The molecule has 50 valence electrons. The SMILES string of the molecule is C1CO1.FC(F)(Cl)Cl. The molecule has 0 aromatic carbocycles. The molecule has 0 aromatic rings. The van der Waals surface area contributed by atoms with E-state index in [0.717, 1.165) is 13.2 Å². The van der Waals surface area contributed by atoms with Gasteiger partial charge in [0.2, 0.25) is 0 Å². The van der Waals surface area contributed by atoms with Gasteiger partial charge in [-0.1, -0.05) is 0 Å². The Morgan fingerprint density at radius 1 is 1.25 bits per heavy atom. The molecule has 1 saturated heterocycles. The molecule has 0 bridgehead atoms. The third-order valence-electron chi connectivity index (χ3n) is 0.204. The smallest absolute Gasteiger partial charge is 0.377 e. The van der Waals surface area contributed by atoms with E-state index in [0.29, 0.717) is 0 Å². The van der Waals surface area contributed by atoms with E-state index in [9.17, 15) is 8.78 Å². The van der Waals surface area contributed by atoms with Crippen molar-refractivity contribution in [1.82, 2.24) is 0 Å². The number of rotatable bonds is 0. The number of halogens is 4. The Morgan fingerprint density at radius 2 is 1.38 bits per heavy atom. The lowest BCUT2D eigenvalue weighted by Gasteiger charge is -1.87. The highest BCUT2D eigenvalue weighted by Crippen LogP contribution is 2.22. The minimum Gasteiger partial charge on any atom is -0.377 e. The number of alkyl halides is 4. The van der Waals surface area contributed by atoms with Gasteiger partial charge in [0, 0.05) is 0 Å². The zero-order valence-corrected chi connectivity index (χ0v) is 5.35. The summed E-state index contributed by atoms with van der Waals surface area (Å²) in [5.41, 5.74) is 0. The van der Waals surface area contributed by atoms with Gasteiger partial charge in [-0.15, -0.1) is 0 Å². The molecule has 1 fully saturated rings. The standard InChI is InChI=1S/C2H4O.CCl2F2/c1-2-3-1;2-1(3,4)5/h1-2H2;. The lowest BCUT2D eigenvalue weighted by molar-refractivity contribution is 0.194. The van der Waals surface area contributed by atoms with E-state index in [1.165, 1.54) is 0 Å². The van der Waals surface area contributed by atoms with E-state index in [2.05, 4.69) is 27.9 Å². The highest BCUT2D eigenvalue weighted by atomic mass is 35.5. The van der Waals surface area contributed by atoms with Gasteiger partial charge in [0.1, 0.15) is 0 Å². The highest BCUT2D eigenvalue weighted by molar-refractivity contribution is 6.45. The van der Waals surface area contributed by atoms with E-state index in [4.69, 9.17) is 0 Å². The zero-order valence-electron chi connectivity index (χ0n) is 3.83. The molecule has 0 spiro atoms. The fourth-order valence-corrected chi connectivity index (χ4v) is 0. The van der Waals surface area contributed by atoms with Crippen LogP contribution in [0, 0.1) is 0 Å². The molecule has 1 heterocycles. The Morgan fingerprint density at radius 3 is 1.38 bits per heavy atom. The second-order valence-electron chi connectivity index (χ2n) is 1.04. The van der Waals surface area contributed by atoms with Crippen molar-refractivity contribution in [2.75, 3.05) is 13.2 Å². The summed E-state index contributed by atoms with van der Waals surface area (Å²) in [7, 11) is 0. The molecule has 1 nitrogen and oxygen atoms in total. The Balaban J connectivity index is 0.000000135. The van der Waals surface area contributed by atoms with Gasteiger partial charge in [0.25, 0.3) is 0 Å². The summed E-state index contributed by atoms with van der Waals surface area (Å²) in [4.78, 5) is -3.56. The molecule has 0 N–H and O–H groups in total. The maximum absolute atomic E-state index is 10.6. The van der Waals surface area contributed by atoms with Crippen LogP contribution in [0.1, 0.15) is 0 Å². The van der Waals surface area contributed by atoms with Crippen LogP contribution in [0.3, 0.4) is 0 Å². The van der Waals surface area contributed by atoms with Gasteiger partial charge in [-0.2, -0.15) is 8.78 Å². The van der Waals surface area contributed by atoms with Gasteiger partial charge in [-0.25, -0.2) is 0 Å². The van der Waals surface area contributed by atoms with Crippen LogP contribution >= 0.6 is 23.2 Å². The molecule has 0 amide bonds. The average molecular weight is 165 g/mol. The minimum atomic E-state index is -3.56. The first-order valence-corrected chi connectivity index (χ1v) is 2.59. The molecule has 1 rings (SSSR count). The van der Waals surface area contributed by atoms with Gasteiger partial charge in [-0.3, -0.25) is 0 Å². The first-order valence-electron chi connectivity index (χ1n) is 1.83. The molecule has 0 atom stereocenters. The van der Waals surface area contributed by atoms with Crippen molar-refractivity contribution in [1.29, 1.82) is 0 Å². The predicted octanol–water partition coefficient (Wildman–Crippen LogP) is 2.03. The first-order chi connectivity index (χ1) is 3.50. The molecule has 1 aliphatic heterocycles. The summed E-state index contributed by atoms with van der Waals surface area (Å²) < 4.78 is 25.6. The molecule has 0 radical (unpaired) electrons. The largest absolute Gasteiger partial charge is 0.401 e. The summed E-state index contributed by atoms with van der Waals surface area (Å²) in [5, 5.41) is 0. The Kier molecular flexibility index (Phi) is 3.60. The summed E-state index contributed by atoms with van der Waals surface area (Å²) >= 11 is 7.92. The fraction of sp³-hybridized carbons (Fsp3) is 1.00. The maximum Gasteiger partial charge on any atom is 0.401 e. The molecular weight excluding hydrogens is 161 g/mol. The third kappa shape index (κ3) is 95.2. The monoisotopic (exact) mass is 164 g/mol. The molecule has 8 heavy (non-hydrogen) atoms. The third-order valence-corrected chi connectivity index (χ3v) is 0.204. The molecule has 0 aromatic heterocycles. The molecule has 1 aliphatic rings. The van der Waals surface area contributed by atoms with Gasteiger partial charge >= 0.3 is 4.84 Å². The van der Waals surface area contributed by atoms with E-state index in [1.807, 2.05) is 0 Å². The van der Waals surface area contributed by atoms with Crippen LogP contribution in [0.4, 0.5) is 8.78 Å². The van der Waals surface area contributed by atoms with Crippen LogP contribution in [0.15, 0.2) is 0 Å². The van der Waals surface area contributed by atoms with Crippen molar-refractivity contribution in [3.8, 4) is 0 Å². The first kappa shape index (κ1) is 8.40. The van der Waals surface area contributed by atoms with Gasteiger partial charge in [0.05, 0.1) is 13.2 Å². The second-order valence-corrected chi connectivity index (χ2v) is 2.18. The molecule has 0 aliphatic carbocycles. The van der Waals surface area contributed by atoms with Crippen LogP contribution in [0.25, 0.3) is 0 Å². The number of epoxide rings is 1. The number of hydrogen-bond acceptors (Lipinski definition) is 1. The number of hydrogen-bond donors (Lipinski definition) is 0. The van der Waals surface area contributed by atoms with Gasteiger partial charge in [0.15, 0.2) is 0 Å². The zero-order chi connectivity index (χ0) is 6.62. The molecule has 0 unspecified atom stereocenters. The van der Waals surface area contributed by atoms with Crippen molar-refractivity contribution in [3.63, 3.8) is 0 Å². The summed E-state index contributed by atoms with van der Waals surface area (Å²) in [5.74, 6) is 0. The van der Waals surface area contributed by atoms with Gasteiger partial charge in [-0.05, 0) is 23.2 Å². The van der Waals surface area contributed by atoms with Crippen LogP contribution < -0.4 is 0 Å². The maximum atomic E-state index is 10.6. The summed E-state index contributed by atoms with van der Waals surface area (Å²) in [6.45, 7) is 2.00.